The molecule has 1 aliphatic heterocycles. The molecule has 2 atom stereocenters. The number of ether oxygens (including phenoxy) is 1. The zero-order chi connectivity index (χ0) is 8.55. The van der Waals surface area contributed by atoms with Gasteiger partial charge in [0.1, 0.15) is 6.10 Å². The maximum Gasteiger partial charge on any atom is 0.175 e. The van der Waals surface area contributed by atoms with E-state index in [0.29, 0.717) is 0 Å². The minimum absolute atomic E-state index is 0.0243. The first kappa shape index (κ1) is 7.33. The van der Waals surface area contributed by atoms with E-state index in [1.165, 1.54) is 5.56 Å². The lowest BCUT2D eigenvalue weighted by atomic mass is 10.0. The summed E-state index contributed by atoms with van der Waals surface area (Å²) in [5, 5.41) is 8.55. The molecule has 60 valence electrons. The second-order valence-corrected chi connectivity index (χ2v) is 2.96. The van der Waals surface area contributed by atoms with Crippen LogP contribution in [0.5, 0.6) is 0 Å². The topological polar surface area (TPSA) is 36.3 Å². The number of epoxide rings is 1. The molecule has 2 heteroatoms. The number of rotatable bonds is 1. The molecular weight excluding hydrogens is 150 g/mol. The average molecular weight is 159 g/mol. The molecule has 1 aromatic carbocycles. The summed E-state index contributed by atoms with van der Waals surface area (Å²) >= 11 is 0. The van der Waals surface area contributed by atoms with Gasteiger partial charge in [-0.1, -0.05) is 24.3 Å². The molecule has 1 saturated heterocycles. The molecule has 12 heavy (non-hydrogen) atoms. The predicted octanol–water partition coefficient (Wildman–Crippen LogP) is 1.96. The number of benzene rings is 1. The molecule has 0 amide bonds. The van der Waals surface area contributed by atoms with Crippen LogP contribution in [-0.4, -0.2) is 6.10 Å². The highest BCUT2D eigenvalue weighted by Gasteiger charge is 2.40. The highest BCUT2D eigenvalue weighted by molar-refractivity contribution is 5.32. The van der Waals surface area contributed by atoms with Crippen molar-refractivity contribution in [1.29, 1.82) is 5.26 Å². The zero-order valence-electron chi connectivity index (χ0n) is 6.82. The second-order valence-electron chi connectivity index (χ2n) is 2.96. The Bertz CT molecular complexity index is 340. The summed E-state index contributed by atoms with van der Waals surface area (Å²) in [7, 11) is 0. The molecule has 1 fully saturated rings. The van der Waals surface area contributed by atoms with E-state index in [1.54, 1.807) is 0 Å². The molecule has 1 heterocycles. The molecule has 2 rings (SSSR count). The van der Waals surface area contributed by atoms with Crippen molar-refractivity contribution >= 4 is 0 Å². The Morgan fingerprint density at radius 3 is 2.75 bits per heavy atom. The van der Waals surface area contributed by atoms with E-state index in [-0.39, 0.29) is 12.2 Å². The number of nitriles is 1. The van der Waals surface area contributed by atoms with Crippen LogP contribution in [0.4, 0.5) is 0 Å². The standard InChI is InChI=1S/C10H9NO/c1-7-4-2-3-5-8(7)10-9(6-11)12-10/h2-5,9-10H,1H3/t9-,10-/m1/s1. The predicted molar refractivity (Wildman–Crippen MR) is 44.4 cm³/mol. The summed E-state index contributed by atoms with van der Waals surface area (Å²) in [6.07, 6.45) is -0.192. The van der Waals surface area contributed by atoms with Crippen molar-refractivity contribution in [2.24, 2.45) is 0 Å². The van der Waals surface area contributed by atoms with Gasteiger partial charge in [0.25, 0.3) is 0 Å². The third-order valence-electron chi connectivity index (χ3n) is 2.11. The Morgan fingerprint density at radius 1 is 1.42 bits per heavy atom. The van der Waals surface area contributed by atoms with Gasteiger partial charge in [0.2, 0.25) is 0 Å². The van der Waals surface area contributed by atoms with E-state index in [1.807, 2.05) is 31.2 Å². The van der Waals surface area contributed by atoms with Crippen LogP contribution >= 0.6 is 0 Å². The van der Waals surface area contributed by atoms with Crippen LogP contribution in [0.3, 0.4) is 0 Å². The zero-order valence-corrected chi connectivity index (χ0v) is 6.82. The molecule has 0 radical (unpaired) electrons. The van der Waals surface area contributed by atoms with E-state index in [4.69, 9.17) is 10.00 Å². The van der Waals surface area contributed by atoms with Gasteiger partial charge in [-0.25, -0.2) is 0 Å². The molecule has 0 spiro atoms. The van der Waals surface area contributed by atoms with Crippen molar-refractivity contribution in [2.75, 3.05) is 0 Å². The Balaban J connectivity index is 2.26. The van der Waals surface area contributed by atoms with Crippen LogP contribution in [-0.2, 0) is 4.74 Å². The average Bonchev–Trinajstić information content (AvgIpc) is 2.84. The van der Waals surface area contributed by atoms with Gasteiger partial charge in [-0.15, -0.1) is 0 Å². The minimum Gasteiger partial charge on any atom is -0.348 e. The second kappa shape index (κ2) is 2.62. The molecule has 1 aliphatic rings. The summed E-state index contributed by atoms with van der Waals surface area (Å²) < 4.78 is 5.17. The molecule has 0 unspecified atom stereocenters. The highest BCUT2D eigenvalue weighted by Crippen LogP contribution is 2.39. The van der Waals surface area contributed by atoms with Crippen LogP contribution in [0.25, 0.3) is 0 Å². The maximum absolute atomic E-state index is 8.55. The van der Waals surface area contributed by atoms with E-state index >= 15 is 0 Å². The first-order valence-electron chi connectivity index (χ1n) is 3.93. The van der Waals surface area contributed by atoms with Crippen molar-refractivity contribution in [3.05, 3.63) is 35.4 Å². The molecule has 2 nitrogen and oxygen atoms in total. The van der Waals surface area contributed by atoms with E-state index in [9.17, 15) is 0 Å². The number of hydrogen-bond donors (Lipinski definition) is 0. The highest BCUT2D eigenvalue weighted by atomic mass is 16.6. The lowest BCUT2D eigenvalue weighted by Crippen LogP contribution is -1.88. The van der Waals surface area contributed by atoms with Crippen LogP contribution in [0.2, 0.25) is 0 Å². The van der Waals surface area contributed by atoms with E-state index < -0.39 is 0 Å². The van der Waals surface area contributed by atoms with Gasteiger partial charge in [0.05, 0.1) is 6.07 Å². The third kappa shape index (κ3) is 1.09. The number of nitrogens with zero attached hydrogens (tertiary/aromatic N) is 1. The summed E-state index contributed by atoms with van der Waals surface area (Å²) in [6.45, 7) is 2.03. The SMILES string of the molecule is Cc1ccccc1[C@H]1O[C@@H]1C#N. The normalized spacial score (nSPS) is 26.3. The monoisotopic (exact) mass is 159 g/mol. The molecular formula is C10H9NO. The Hall–Kier alpha value is -1.33. The van der Waals surface area contributed by atoms with Crippen molar-refractivity contribution < 1.29 is 4.74 Å². The van der Waals surface area contributed by atoms with Gasteiger partial charge in [0, 0.05) is 0 Å². The first-order valence-corrected chi connectivity index (χ1v) is 3.93. The fourth-order valence-corrected chi connectivity index (χ4v) is 1.35. The Kier molecular flexibility index (Phi) is 1.60. The lowest BCUT2D eigenvalue weighted by molar-refractivity contribution is 0.395. The van der Waals surface area contributed by atoms with Crippen molar-refractivity contribution in [3.63, 3.8) is 0 Å². The van der Waals surface area contributed by atoms with Crippen molar-refractivity contribution in [1.82, 2.24) is 0 Å². The van der Waals surface area contributed by atoms with Gasteiger partial charge >= 0.3 is 0 Å². The number of aryl methyl sites for hydroxylation is 1. The van der Waals surface area contributed by atoms with E-state index in [0.717, 1.165) is 5.56 Å². The van der Waals surface area contributed by atoms with Crippen molar-refractivity contribution in [3.8, 4) is 6.07 Å². The van der Waals surface area contributed by atoms with Crippen LogP contribution in [0.15, 0.2) is 24.3 Å². The van der Waals surface area contributed by atoms with Gasteiger partial charge < -0.3 is 4.74 Å². The summed E-state index contributed by atoms with van der Waals surface area (Å²) in [6, 6.07) is 10.1. The quantitative estimate of drug-likeness (QED) is 0.587. The third-order valence-corrected chi connectivity index (χ3v) is 2.11. The fourth-order valence-electron chi connectivity index (χ4n) is 1.35. The van der Waals surface area contributed by atoms with Gasteiger partial charge in [-0.2, -0.15) is 5.26 Å². The van der Waals surface area contributed by atoms with Crippen LogP contribution in [0.1, 0.15) is 17.2 Å². The first-order chi connectivity index (χ1) is 5.83. The summed E-state index contributed by atoms with van der Waals surface area (Å²) in [5.41, 5.74) is 2.34. The van der Waals surface area contributed by atoms with Crippen LogP contribution in [0, 0.1) is 18.3 Å². The Labute approximate surface area is 71.4 Å². The van der Waals surface area contributed by atoms with Crippen LogP contribution < -0.4 is 0 Å². The fraction of sp³-hybridized carbons (Fsp3) is 0.300. The van der Waals surface area contributed by atoms with Gasteiger partial charge in [0.15, 0.2) is 6.10 Å². The minimum atomic E-state index is -0.217. The summed E-state index contributed by atoms with van der Waals surface area (Å²) in [5.74, 6) is 0. The molecule has 0 aliphatic carbocycles. The lowest BCUT2D eigenvalue weighted by Gasteiger charge is -1.98. The smallest absolute Gasteiger partial charge is 0.175 e. The van der Waals surface area contributed by atoms with Crippen molar-refractivity contribution in [2.45, 2.75) is 19.1 Å². The Morgan fingerprint density at radius 2 is 2.17 bits per heavy atom. The molecule has 1 aromatic rings. The molecule has 0 N–H and O–H groups in total. The van der Waals surface area contributed by atoms with Gasteiger partial charge in [-0.3, -0.25) is 0 Å². The van der Waals surface area contributed by atoms with Gasteiger partial charge in [-0.05, 0) is 18.1 Å². The maximum atomic E-state index is 8.55. The molecule has 0 aromatic heterocycles. The molecule has 0 saturated carbocycles. The number of hydrogen-bond acceptors (Lipinski definition) is 2. The summed E-state index contributed by atoms with van der Waals surface area (Å²) in [4.78, 5) is 0. The molecule has 0 bridgehead atoms. The van der Waals surface area contributed by atoms with E-state index in [2.05, 4.69) is 6.07 Å². The largest absolute Gasteiger partial charge is 0.348 e.